The van der Waals surface area contributed by atoms with Crippen LogP contribution in [0.2, 0.25) is 5.02 Å². The number of aryl methyl sites for hydroxylation is 1. The zero-order chi connectivity index (χ0) is 17.1. The lowest BCUT2D eigenvalue weighted by Crippen LogP contribution is -2.19. The Balaban J connectivity index is 1.75. The van der Waals surface area contributed by atoms with E-state index in [0.717, 1.165) is 17.0 Å². The van der Waals surface area contributed by atoms with Crippen LogP contribution in [0.15, 0.2) is 52.9 Å². The van der Waals surface area contributed by atoms with Crippen LogP contribution in [0.5, 0.6) is 0 Å². The topological polar surface area (TPSA) is 29.3 Å². The third-order valence-corrected chi connectivity index (χ3v) is 4.18. The van der Waals surface area contributed by atoms with E-state index in [1.165, 1.54) is 6.07 Å². The number of rotatable bonds is 5. The Morgan fingerprint density at radius 3 is 2.54 bits per heavy atom. The lowest BCUT2D eigenvalue weighted by atomic mass is 10.2. The van der Waals surface area contributed by atoms with Gasteiger partial charge in [-0.3, -0.25) is 4.90 Å². The van der Waals surface area contributed by atoms with Crippen LogP contribution < -0.4 is 0 Å². The Morgan fingerprint density at radius 1 is 1.08 bits per heavy atom. The van der Waals surface area contributed by atoms with Crippen LogP contribution in [0.25, 0.3) is 11.5 Å². The van der Waals surface area contributed by atoms with Gasteiger partial charge < -0.3 is 4.42 Å². The minimum Gasteiger partial charge on any atom is -0.441 e. The maximum Gasteiger partial charge on any atom is 0.226 e. The highest BCUT2D eigenvalue weighted by atomic mass is 35.5. The lowest BCUT2D eigenvalue weighted by Gasteiger charge is -2.16. The SMILES string of the molecule is Cc1oc(-c2ccccc2)nc1CN(C)Cc1c(F)cccc1Cl. The molecule has 0 unspecified atom stereocenters. The fraction of sp³-hybridized carbons (Fsp3) is 0.211. The standard InChI is InChI=1S/C19H18ClFN2O/c1-13-18(22-19(24-13)14-7-4-3-5-8-14)12-23(2)11-15-16(20)9-6-10-17(15)21/h3-10H,11-12H2,1-2H3. The fourth-order valence-corrected chi connectivity index (χ4v) is 2.77. The van der Waals surface area contributed by atoms with Gasteiger partial charge >= 0.3 is 0 Å². The van der Waals surface area contributed by atoms with E-state index in [-0.39, 0.29) is 5.82 Å². The summed E-state index contributed by atoms with van der Waals surface area (Å²) in [4.78, 5) is 6.53. The fourth-order valence-electron chi connectivity index (χ4n) is 2.54. The molecule has 3 rings (SSSR count). The first kappa shape index (κ1) is 16.7. The van der Waals surface area contributed by atoms with Crippen molar-refractivity contribution in [2.24, 2.45) is 0 Å². The van der Waals surface area contributed by atoms with Crippen LogP contribution in [-0.2, 0) is 13.1 Å². The summed E-state index contributed by atoms with van der Waals surface area (Å²) >= 11 is 6.09. The zero-order valence-corrected chi connectivity index (χ0v) is 14.3. The summed E-state index contributed by atoms with van der Waals surface area (Å²) < 4.78 is 19.7. The molecule has 0 amide bonds. The average Bonchev–Trinajstić information content (AvgIpc) is 2.93. The van der Waals surface area contributed by atoms with Crippen molar-refractivity contribution in [2.75, 3.05) is 7.05 Å². The molecule has 0 aliphatic rings. The molecule has 0 saturated carbocycles. The molecule has 0 aliphatic carbocycles. The normalized spacial score (nSPS) is 11.2. The molecule has 3 nitrogen and oxygen atoms in total. The largest absolute Gasteiger partial charge is 0.441 e. The summed E-state index contributed by atoms with van der Waals surface area (Å²) in [6.45, 7) is 2.84. The monoisotopic (exact) mass is 344 g/mol. The second-order valence-corrected chi connectivity index (χ2v) is 6.17. The minimum absolute atomic E-state index is 0.295. The Bertz CT molecular complexity index is 812. The lowest BCUT2D eigenvalue weighted by molar-refractivity contribution is 0.308. The molecule has 24 heavy (non-hydrogen) atoms. The van der Waals surface area contributed by atoms with Gasteiger partial charge in [-0.1, -0.05) is 35.9 Å². The van der Waals surface area contributed by atoms with Crippen molar-refractivity contribution in [3.05, 3.63) is 76.4 Å². The van der Waals surface area contributed by atoms with Crippen molar-refractivity contribution in [1.29, 1.82) is 0 Å². The van der Waals surface area contributed by atoms with Crippen LogP contribution in [0.3, 0.4) is 0 Å². The quantitative estimate of drug-likeness (QED) is 0.646. The van der Waals surface area contributed by atoms with E-state index in [1.54, 1.807) is 12.1 Å². The number of oxazole rings is 1. The van der Waals surface area contributed by atoms with Crippen molar-refractivity contribution in [2.45, 2.75) is 20.0 Å². The van der Waals surface area contributed by atoms with E-state index >= 15 is 0 Å². The van der Waals surface area contributed by atoms with Gasteiger partial charge in [-0.05, 0) is 38.2 Å². The van der Waals surface area contributed by atoms with Crippen LogP contribution in [0, 0.1) is 12.7 Å². The molecule has 0 atom stereocenters. The minimum atomic E-state index is -0.295. The van der Waals surface area contributed by atoms with Crippen LogP contribution in [0.1, 0.15) is 17.0 Å². The van der Waals surface area contributed by atoms with Gasteiger partial charge in [0, 0.05) is 29.2 Å². The van der Waals surface area contributed by atoms with E-state index in [9.17, 15) is 4.39 Å². The summed E-state index contributed by atoms with van der Waals surface area (Å²) in [5, 5.41) is 0.434. The molecule has 5 heteroatoms. The number of benzene rings is 2. The number of aromatic nitrogens is 1. The second kappa shape index (κ2) is 7.16. The van der Waals surface area contributed by atoms with Crippen LogP contribution >= 0.6 is 11.6 Å². The molecule has 124 valence electrons. The number of halogens is 2. The number of hydrogen-bond donors (Lipinski definition) is 0. The van der Waals surface area contributed by atoms with Crippen LogP contribution in [0.4, 0.5) is 4.39 Å². The van der Waals surface area contributed by atoms with E-state index in [0.29, 0.717) is 29.6 Å². The molecule has 0 N–H and O–H groups in total. The molecule has 0 saturated heterocycles. The molecular weight excluding hydrogens is 327 g/mol. The number of hydrogen-bond acceptors (Lipinski definition) is 3. The summed E-state index contributed by atoms with van der Waals surface area (Å²) in [6.07, 6.45) is 0. The van der Waals surface area contributed by atoms with Gasteiger partial charge in [0.25, 0.3) is 0 Å². The van der Waals surface area contributed by atoms with Crippen molar-refractivity contribution >= 4 is 11.6 Å². The van der Waals surface area contributed by atoms with Gasteiger partial charge in [0.2, 0.25) is 5.89 Å². The van der Waals surface area contributed by atoms with Gasteiger partial charge in [-0.25, -0.2) is 9.37 Å². The second-order valence-electron chi connectivity index (χ2n) is 5.76. The smallest absolute Gasteiger partial charge is 0.226 e. The average molecular weight is 345 g/mol. The molecule has 0 aliphatic heterocycles. The summed E-state index contributed by atoms with van der Waals surface area (Å²) in [7, 11) is 1.90. The van der Waals surface area contributed by atoms with E-state index in [1.807, 2.05) is 49.2 Å². The summed E-state index contributed by atoms with van der Waals surface area (Å²) in [5.41, 5.74) is 2.27. The molecule has 3 aromatic rings. The predicted molar refractivity (Wildman–Crippen MR) is 93.3 cm³/mol. The van der Waals surface area contributed by atoms with Gasteiger partial charge in [0.1, 0.15) is 11.6 Å². The van der Waals surface area contributed by atoms with Crippen molar-refractivity contribution < 1.29 is 8.81 Å². The van der Waals surface area contributed by atoms with Gasteiger partial charge in [-0.15, -0.1) is 0 Å². The van der Waals surface area contributed by atoms with E-state index < -0.39 is 0 Å². The highest BCUT2D eigenvalue weighted by Gasteiger charge is 2.15. The van der Waals surface area contributed by atoms with Gasteiger partial charge in [0.05, 0.1) is 5.69 Å². The Hall–Kier alpha value is -2.17. The third-order valence-electron chi connectivity index (χ3n) is 3.82. The van der Waals surface area contributed by atoms with E-state index in [4.69, 9.17) is 16.0 Å². The molecule has 0 bridgehead atoms. The van der Waals surface area contributed by atoms with Crippen molar-refractivity contribution in [3.8, 4) is 11.5 Å². The van der Waals surface area contributed by atoms with Gasteiger partial charge in [0.15, 0.2) is 0 Å². The molecule has 1 heterocycles. The Morgan fingerprint density at radius 2 is 1.83 bits per heavy atom. The van der Waals surface area contributed by atoms with Crippen LogP contribution in [-0.4, -0.2) is 16.9 Å². The highest BCUT2D eigenvalue weighted by Crippen LogP contribution is 2.24. The maximum atomic E-state index is 13.9. The summed E-state index contributed by atoms with van der Waals surface area (Å²) in [6, 6.07) is 14.5. The van der Waals surface area contributed by atoms with Crippen molar-refractivity contribution in [1.82, 2.24) is 9.88 Å². The third kappa shape index (κ3) is 3.66. The first-order valence-corrected chi connectivity index (χ1v) is 8.05. The first-order valence-electron chi connectivity index (χ1n) is 7.67. The highest BCUT2D eigenvalue weighted by molar-refractivity contribution is 6.31. The van der Waals surface area contributed by atoms with Gasteiger partial charge in [-0.2, -0.15) is 0 Å². The first-order chi connectivity index (χ1) is 11.5. The molecule has 2 aromatic carbocycles. The van der Waals surface area contributed by atoms with E-state index in [2.05, 4.69) is 4.98 Å². The maximum absolute atomic E-state index is 13.9. The summed E-state index contributed by atoms with van der Waals surface area (Å²) in [5.74, 6) is 1.07. The zero-order valence-electron chi connectivity index (χ0n) is 13.6. The molecule has 1 aromatic heterocycles. The number of nitrogens with zero attached hydrogens (tertiary/aromatic N) is 2. The Kier molecular flexibility index (Phi) is 4.97. The Labute approximate surface area is 145 Å². The molecular formula is C19H18ClFN2O. The van der Waals surface area contributed by atoms with Crippen molar-refractivity contribution in [3.63, 3.8) is 0 Å². The molecule has 0 radical (unpaired) electrons. The predicted octanol–water partition coefficient (Wildman–Crippen LogP) is 5.07. The molecule has 0 spiro atoms. The molecule has 0 fully saturated rings.